The van der Waals surface area contributed by atoms with Gasteiger partial charge in [-0.05, 0) is 19.4 Å². The SMILES string of the molecule is CC(=O)NC(CC(=O)NC(C)(C)c1noc(C(C)(C)C)n1)c1ccccc1. The molecule has 2 rings (SSSR count). The smallest absolute Gasteiger partial charge is 0.232 e. The van der Waals surface area contributed by atoms with Gasteiger partial charge >= 0.3 is 0 Å². The Morgan fingerprint density at radius 2 is 1.74 bits per heavy atom. The molecule has 0 saturated carbocycles. The number of hydrogen-bond donors (Lipinski definition) is 2. The summed E-state index contributed by atoms with van der Waals surface area (Å²) in [6.07, 6.45) is 0.108. The highest BCUT2D eigenvalue weighted by molar-refractivity contribution is 5.79. The fourth-order valence-corrected chi connectivity index (χ4v) is 2.61. The number of aromatic nitrogens is 2. The second-order valence-corrected chi connectivity index (χ2v) is 8.21. The maximum atomic E-state index is 12.7. The van der Waals surface area contributed by atoms with Crippen LogP contribution in [0.3, 0.4) is 0 Å². The van der Waals surface area contributed by atoms with Gasteiger partial charge in [-0.3, -0.25) is 9.59 Å². The van der Waals surface area contributed by atoms with Gasteiger partial charge in [0.25, 0.3) is 0 Å². The van der Waals surface area contributed by atoms with E-state index in [1.807, 2.05) is 65.0 Å². The summed E-state index contributed by atoms with van der Waals surface area (Å²) in [4.78, 5) is 28.6. The van der Waals surface area contributed by atoms with E-state index in [2.05, 4.69) is 20.8 Å². The largest absolute Gasteiger partial charge is 0.349 e. The van der Waals surface area contributed by atoms with Gasteiger partial charge in [0.15, 0.2) is 5.82 Å². The minimum absolute atomic E-state index is 0.108. The Morgan fingerprint density at radius 3 is 2.26 bits per heavy atom. The third-order valence-corrected chi connectivity index (χ3v) is 4.05. The lowest BCUT2D eigenvalue weighted by molar-refractivity contribution is -0.124. The van der Waals surface area contributed by atoms with Crippen molar-refractivity contribution in [2.45, 2.75) is 65.0 Å². The predicted molar refractivity (Wildman–Crippen MR) is 102 cm³/mol. The van der Waals surface area contributed by atoms with Crippen LogP contribution < -0.4 is 10.6 Å². The zero-order valence-corrected chi connectivity index (χ0v) is 16.8. The van der Waals surface area contributed by atoms with Gasteiger partial charge in [0, 0.05) is 12.3 Å². The zero-order valence-electron chi connectivity index (χ0n) is 16.8. The lowest BCUT2D eigenvalue weighted by Crippen LogP contribution is -2.43. The summed E-state index contributed by atoms with van der Waals surface area (Å²) < 4.78 is 5.33. The van der Waals surface area contributed by atoms with Crippen LogP contribution in [0.4, 0.5) is 0 Å². The quantitative estimate of drug-likeness (QED) is 0.812. The molecule has 2 aromatic rings. The van der Waals surface area contributed by atoms with E-state index in [4.69, 9.17) is 4.52 Å². The molecule has 27 heavy (non-hydrogen) atoms. The average molecular weight is 372 g/mol. The monoisotopic (exact) mass is 372 g/mol. The van der Waals surface area contributed by atoms with Crippen molar-refractivity contribution < 1.29 is 14.1 Å². The molecule has 7 heteroatoms. The molecule has 1 atom stereocenters. The fraction of sp³-hybridized carbons (Fsp3) is 0.500. The van der Waals surface area contributed by atoms with Crippen molar-refractivity contribution in [3.63, 3.8) is 0 Å². The molecule has 1 aromatic carbocycles. The van der Waals surface area contributed by atoms with Gasteiger partial charge in [-0.2, -0.15) is 4.98 Å². The Balaban J connectivity index is 2.11. The lowest BCUT2D eigenvalue weighted by Gasteiger charge is -2.25. The standard InChI is InChI=1S/C20H28N4O3/c1-13(25)21-15(14-10-8-7-9-11-14)12-16(26)23-20(5,6)17-22-18(27-24-17)19(2,3)4/h7-11,15H,12H2,1-6H3,(H,21,25)(H,23,26). The van der Waals surface area contributed by atoms with Gasteiger partial charge in [0.2, 0.25) is 17.7 Å². The minimum atomic E-state index is -0.804. The molecule has 1 unspecified atom stereocenters. The third kappa shape index (κ3) is 5.64. The second-order valence-electron chi connectivity index (χ2n) is 8.21. The van der Waals surface area contributed by atoms with Crippen LogP contribution in [0.5, 0.6) is 0 Å². The van der Waals surface area contributed by atoms with E-state index in [1.165, 1.54) is 6.92 Å². The molecule has 1 aromatic heterocycles. The van der Waals surface area contributed by atoms with Gasteiger partial charge in [0.05, 0.1) is 18.0 Å². The van der Waals surface area contributed by atoms with Crippen molar-refractivity contribution in [1.82, 2.24) is 20.8 Å². The molecule has 7 nitrogen and oxygen atoms in total. The van der Waals surface area contributed by atoms with Crippen molar-refractivity contribution in [1.29, 1.82) is 0 Å². The topological polar surface area (TPSA) is 97.1 Å². The molecule has 2 N–H and O–H groups in total. The summed E-state index contributed by atoms with van der Waals surface area (Å²) in [7, 11) is 0. The maximum Gasteiger partial charge on any atom is 0.232 e. The molecule has 0 aliphatic heterocycles. The maximum absolute atomic E-state index is 12.7. The highest BCUT2D eigenvalue weighted by atomic mass is 16.5. The number of benzene rings is 1. The highest BCUT2D eigenvalue weighted by Crippen LogP contribution is 2.24. The number of nitrogens with one attached hydrogen (secondary N) is 2. The van der Waals surface area contributed by atoms with Crippen molar-refractivity contribution >= 4 is 11.8 Å². The zero-order chi connectivity index (χ0) is 20.2. The first-order valence-electron chi connectivity index (χ1n) is 8.97. The lowest BCUT2D eigenvalue weighted by atomic mass is 9.96. The summed E-state index contributed by atoms with van der Waals surface area (Å²) in [5.74, 6) is 0.519. The summed E-state index contributed by atoms with van der Waals surface area (Å²) in [5.41, 5.74) is -0.202. The van der Waals surface area contributed by atoms with Crippen LogP contribution in [-0.4, -0.2) is 22.0 Å². The molecule has 0 bridgehead atoms. The molecule has 0 aliphatic rings. The van der Waals surface area contributed by atoms with E-state index in [0.29, 0.717) is 11.7 Å². The number of rotatable bonds is 6. The van der Waals surface area contributed by atoms with Crippen LogP contribution in [0, 0.1) is 0 Å². The van der Waals surface area contributed by atoms with Crippen LogP contribution in [0.15, 0.2) is 34.9 Å². The Morgan fingerprint density at radius 1 is 1.11 bits per heavy atom. The average Bonchev–Trinajstić information content (AvgIpc) is 3.05. The molecule has 0 radical (unpaired) electrons. The van der Waals surface area contributed by atoms with E-state index >= 15 is 0 Å². The Kier molecular flexibility index (Phi) is 6.03. The number of carbonyl (C=O) groups is 2. The summed E-state index contributed by atoms with van der Waals surface area (Å²) in [6.45, 7) is 11.0. The second kappa shape index (κ2) is 7.90. The third-order valence-electron chi connectivity index (χ3n) is 4.05. The number of nitrogens with zero attached hydrogens (tertiary/aromatic N) is 2. The van der Waals surface area contributed by atoms with Crippen LogP contribution >= 0.6 is 0 Å². The van der Waals surface area contributed by atoms with Crippen molar-refractivity contribution in [2.24, 2.45) is 0 Å². The Labute approximate surface area is 159 Å². The van der Waals surface area contributed by atoms with E-state index in [1.54, 1.807) is 0 Å². The number of carbonyl (C=O) groups excluding carboxylic acids is 2. The van der Waals surface area contributed by atoms with Crippen LogP contribution in [0.2, 0.25) is 0 Å². The summed E-state index contributed by atoms with van der Waals surface area (Å²) in [5, 5.41) is 9.79. The van der Waals surface area contributed by atoms with Gasteiger partial charge in [-0.1, -0.05) is 56.3 Å². The summed E-state index contributed by atoms with van der Waals surface area (Å²) >= 11 is 0. The number of hydrogen-bond acceptors (Lipinski definition) is 5. The predicted octanol–water partition coefficient (Wildman–Crippen LogP) is 2.99. The van der Waals surface area contributed by atoms with Gasteiger partial charge in [-0.25, -0.2) is 0 Å². The first kappa shape index (κ1) is 20.6. The summed E-state index contributed by atoms with van der Waals surface area (Å²) in [6, 6.07) is 9.00. The van der Waals surface area contributed by atoms with Crippen molar-refractivity contribution in [3.05, 3.63) is 47.6 Å². The van der Waals surface area contributed by atoms with Crippen molar-refractivity contribution in [3.8, 4) is 0 Å². The Hall–Kier alpha value is -2.70. The first-order chi connectivity index (χ1) is 12.5. The highest BCUT2D eigenvalue weighted by Gasteiger charge is 2.32. The number of amides is 2. The molecule has 0 aliphatic carbocycles. The van der Waals surface area contributed by atoms with Gasteiger partial charge < -0.3 is 15.2 Å². The molecular weight excluding hydrogens is 344 g/mol. The normalized spacial score (nSPS) is 13.1. The van der Waals surface area contributed by atoms with Gasteiger partial charge in [0.1, 0.15) is 0 Å². The molecule has 0 fully saturated rings. The Bertz CT molecular complexity index is 791. The van der Waals surface area contributed by atoms with E-state index in [9.17, 15) is 9.59 Å². The molecular formula is C20H28N4O3. The van der Waals surface area contributed by atoms with E-state index in [0.717, 1.165) is 5.56 Å². The van der Waals surface area contributed by atoms with Crippen molar-refractivity contribution in [2.75, 3.05) is 0 Å². The molecule has 0 spiro atoms. The molecule has 0 saturated heterocycles. The van der Waals surface area contributed by atoms with Crippen LogP contribution in [-0.2, 0) is 20.5 Å². The molecule has 146 valence electrons. The van der Waals surface area contributed by atoms with E-state index in [-0.39, 0.29) is 23.7 Å². The first-order valence-corrected chi connectivity index (χ1v) is 8.97. The molecule has 1 heterocycles. The van der Waals surface area contributed by atoms with Gasteiger partial charge in [-0.15, -0.1) is 0 Å². The van der Waals surface area contributed by atoms with E-state index < -0.39 is 11.6 Å². The van der Waals surface area contributed by atoms with Crippen LogP contribution in [0.1, 0.15) is 71.3 Å². The minimum Gasteiger partial charge on any atom is -0.349 e. The van der Waals surface area contributed by atoms with Crippen LogP contribution in [0.25, 0.3) is 0 Å². The molecule has 2 amide bonds. The fourth-order valence-electron chi connectivity index (χ4n) is 2.61.